The van der Waals surface area contributed by atoms with Crippen LogP contribution >= 0.6 is 23.2 Å². The number of halogens is 2. The molecule has 1 saturated heterocycles. The molecule has 1 N–H and O–H groups in total. The molecule has 138 valence electrons. The van der Waals surface area contributed by atoms with Gasteiger partial charge < -0.3 is 14.7 Å². The van der Waals surface area contributed by atoms with Crippen molar-refractivity contribution >= 4 is 35.1 Å². The Labute approximate surface area is 157 Å². The van der Waals surface area contributed by atoms with Crippen molar-refractivity contribution in [2.75, 3.05) is 33.8 Å². The number of hydrogen-bond donors (Lipinski definition) is 1. The monoisotopic (exact) mass is 388 g/mol. The number of likely N-dealkylation sites (tertiary alicyclic amines) is 1. The molecule has 0 saturated carbocycles. The Kier molecular flexibility index (Phi) is 6.93. The van der Waals surface area contributed by atoms with Crippen LogP contribution in [0.5, 0.6) is 5.75 Å². The molecule has 0 aromatic heterocycles. The van der Waals surface area contributed by atoms with Crippen LogP contribution in [-0.2, 0) is 4.79 Å². The molecule has 1 aromatic rings. The van der Waals surface area contributed by atoms with Gasteiger partial charge in [-0.15, -0.1) is 0 Å². The zero-order valence-corrected chi connectivity index (χ0v) is 15.8. The molecular weight excluding hydrogens is 367 g/mol. The van der Waals surface area contributed by atoms with Gasteiger partial charge in [0.25, 0.3) is 5.91 Å². The first-order valence-corrected chi connectivity index (χ1v) is 8.83. The predicted octanol–water partition coefficient (Wildman–Crippen LogP) is 3.01. The molecule has 0 aliphatic carbocycles. The van der Waals surface area contributed by atoms with Crippen molar-refractivity contribution in [2.24, 2.45) is 0 Å². The van der Waals surface area contributed by atoms with E-state index in [-0.39, 0.29) is 18.5 Å². The van der Waals surface area contributed by atoms with E-state index in [4.69, 9.17) is 33.0 Å². The first-order chi connectivity index (χ1) is 11.8. The maximum absolute atomic E-state index is 12.9. The molecule has 6 nitrogen and oxygen atoms in total. The second-order valence-corrected chi connectivity index (χ2v) is 6.97. The predicted molar refractivity (Wildman–Crippen MR) is 96.8 cm³/mol. The van der Waals surface area contributed by atoms with Gasteiger partial charge in [-0.1, -0.05) is 23.2 Å². The van der Waals surface area contributed by atoms with Crippen molar-refractivity contribution in [1.29, 1.82) is 0 Å². The Morgan fingerprint density at radius 1 is 1.28 bits per heavy atom. The molecule has 2 rings (SSSR count). The summed E-state index contributed by atoms with van der Waals surface area (Å²) in [7, 11) is 3.29. The number of benzene rings is 1. The fourth-order valence-corrected chi connectivity index (χ4v) is 3.42. The van der Waals surface area contributed by atoms with Gasteiger partial charge in [0.15, 0.2) is 0 Å². The Morgan fingerprint density at radius 2 is 1.96 bits per heavy atom. The minimum atomic E-state index is -0.847. The lowest BCUT2D eigenvalue weighted by atomic mass is 10.1. The molecule has 1 atom stereocenters. The highest BCUT2D eigenvalue weighted by Crippen LogP contribution is 2.31. The van der Waals surface area contributed by atoms with E-state index in [0.29, 0.717) is 34.4 Å². The van der Waals surface area contributed by atoms with Gasteiger partial charge in [-0.25, -0.2) is 0 Å². The number of carbonyl (C=O) groups is 2. The number of carboxylic acids is 1. The lowest BCUT2D eigenvalue weighted by Crippen LogP contribution is -2.37. The molecule has 1 unspecified atom stereocenters. The van der Waals surface area contributed by atoms with E-state index >= 15 is 0 Å². The third-order valence-electron chi connectivity index (χ3n) is 4.47. The average Bonchev–Trinajstić information content (AvgIpc) is 2.81. The zero-order chi connectivity index (χ0) is 18.6. The third-order valence-corrected chi connectivity index (χ3v) is 5.19. The molecule has 0 bridgehead atoms. The highest BCUT2D eigenvalue weighted by molar-refractivity contribution is 6.42. The Bertz CT molecular complexity index is 654. The van der Waals surface area contributed by atoms with Crippen molar-refractivity contribution < 1.29 is 19.4 Å². The van der Waals surface area contributed by atoms with E-state index in [9.17, 15) is 9.59 Å². The third kappa shape index (κ3) is 5.00. The van der Waals surface area contributed by atoms with Gasteiger partial charge in [0.05, 0.1) is 29.3 Å². The standard InChI is InChI=1S/C17H22Cl2N2O4/c1-20(10-16(22)23)11-4-3-6-21(7-5-11)17(24)12-8-13(18)14(19)9-15(12)25-2/h8-9,11H,3-7,10H2,1-2H3,(H,22,23). The molecule has 1 aliphatic rings. The van der Waals surface area contributed by atoms with Gasteiger partial charge in [-0.2, -0.15) is 0 Å². The lowest BCUT2D eigenvalue weighted by molar-refractivity contribution is -0.138. The number of carboxylic acid groups (broad SMARTS) is 1. The Morgan fingerprint density at radius 3 is 2.60 bits per heavy atom. The van der Waals surface area contributed by atoms with E-state index in [1.165, 1.54) is 13.2 Å². The topological polar surface area (TPSA) is 70.1 Å². The number of hydrogen-bond acceptors (Lipinski definition) is 4. The van der Waals surface area contributed by atoms with E-state index in [1.54, 1.807) is 18.0 Å². The van der Waals surface area contributed by atoms with Crippen molar-refractivity contribution in [2.45, 2.75) is 25.3 Å². The molecule has 1 fully saturated rings. The van der Waals surface area contributed by atoms with Crippen molar-refractivity contribution in [3.8, 4) is 5.75 Å². The maximum Gasteiger partial charge on any atom is 0.317 e. The lowest BCUT2D eigenvalue weighted by Gasteiger charge is -2.26. The van der Waals surface area contributed by atoms with Gasteiger partial charge in [0, 0.05) is 25.2 Å². The van der Waals surface area contributed by atoms with Crippen LogP contribution in [0.1, 0.15) is 29.6 Å². The summed E-state index contributed by atoms with van der Waals surface area (Å²) in [6.45, 7) is 1.16. The summed E-state index contributed by atoms with van der Waals surface area (Å²) < 4.78 is 5.26. The fraction of sp³-hybridized carbons (Fsp3) is 0.529. The van der Waals surface area contributed by atoms with Crippen LogP contribution in [0.4, 0.5) is 0 Å². The number of nitrogens with zero attached hydrogens (tertiary/aromatic N) is 2. The van der Waals surface area contributed by atoms with Gasteiger partial charge in [0.2, 0.25) is 0 Å². The van der Waals surface area contributed by atoms with Gasteiger partial charge in [-0.05, 0) is 32.4 Å². The van der Waals surface area contributed by atoms with E-state index in [2.05, 4.69) is 0 Å². The first-order valence-electron chi connectivity index (χ1n) is 8.07. The molecule has 0 radical (unpaired) electrons. The number of aliphatic carboxylic acids is 1. The summed E-state index contributed by atoms with van der Waals surface area (Å²) >= 11 is 12.0. The molecule has 25 heavy (non-hydrogen) atoms. The van der Waals surface area contributed by atoms with Crippen molar-refractivity contribution in [3.63, 3.8) is 0 Å². The molecule has 1 aromatic carbocycles. The van der Waals surface area contributed by atoms with E-state index in [1.807, 2.05) is 4.90 Å². The van der Waals surface area contributed by atoms with Crippen LogP contribution in [0, 0.1) is 0 Å². The number of methoxy groups -OCH3 is 1. The first kappa shape index (κ1) is 19.8. The quantitative estimate of drug-likeness (QED) is 0.839. The van der Waals surface area contributed by atoms with Crippen molar-refractivity contribution in [3.05, 3.63) is 27.7 Å². The molecular formula is C17H22Cl2N2O4. The number of carbonyl (C=O) groups excluding carboxylic acids is 1. The molecule has 1 heterocycles. The molecule has 0 spiro atoms. The smallest absolute Gasteiger partial charge is 0.317 e. The number of likely N-dealkylation sites (N-methyl/N-ethyl adjacent to an activating group) is 1. The molecule has 8 heteroatoms. The minimum absolute atomic E-state index is 0.000766. The van der Waals surface area contributed by atoms with Crippen LogP contribution in [-0.4, -0.2) is 66.6 Å². The van der Waals surface area contributed by atoms with Crippen LogP contribution < -0.4 is 4.74 Å². The fourth-order valence-electron chi connectivity index (χ4n) is 3.10. The van der Waals surface area contributed by atoms with Gasteiger partial charge >= 0.3 is 5.97 Å². The van der Waals surface area contributed by atoms with Crippen molar-refractivity contribution in [1.82, 2.24) is 9.80 Å². The van der Waals surface area contributed by atoms with Crippen LogP contribution in [0.2, 0.25) is 10.0 Å². The van der Waals surface area contributed by atoms with E-state index < -0.39 is 5.97 Å². The number of amides is 1. The van der Waals surface area contributed by atoms with Gasteiger partial charge in [0.1, 0.15) is 5.75 Å². The molecule has 1 aliphatic heterocycles. The van der Waals surface area contributed by atoms with E-state index in [0.717, 1.165) is 19.3 Å². The summed E-state index contributed by atoms with van der Waals surface area (Å²) in [5, 5.41) is 9.58. The summed E-state index contributed by atoms with van der Waals surface area (Å²) in [4.78, 5) is 27.4. The zero-order valence-electron chi connectivity index (χ0n) is 14.3. The van der Waals surface area contributed by atoms with Crippen LogP contribution in [0.15, 0.2) is 12.1 Å². The SMILES string of the molecule is COc1cc(Cl)c(Cl)cc1C(=O)N1CCCC(N(C)CC(=O)O)CC1. The highest BCUT2D eigenvalue weighted by atomic mass is 35.5. The number of rotatable bonds is 5. The Hall–Kier alpha value is -1.50. The largest absolute Gasteiger partial charge is 0.496 e. The summed E-state index contributed by atoms with van der Waals surface area (Å²) in [6.07, 6.45) is 2.38. The summed E-state index contributed by atoms with van der Waals surface area (Å²) in [6, 6.07) is 3.21. The Balaban J connectivity index is 2.11. The summed E-state index contributed by atoms with van der Waals surface area (Å²) in [5.41, 5.74) is 0.384. The minimum Gasteiger partial charge on any atom is -0.496 e. The summed E-state index contributed by atoms with van der Waals surface area (Å²) in [5.74, 6) is -0.611. The molecule has 1 amide bonds. The maximum atomic E-state index is 12.9. The van der Waals surface area contributed by atoms with Crippen LogP contribution in [0.25, 0.3) is 0 Å². The average molecular weight is 389 g/mol. The second kappa shape index (κ2) is 8.74. The second-order valence-electron chi connectivity index (χ2n) is 6.15. The van der Waals surface area contributed by atoms with Crippen LogP contribution in [0.3, 0.4) is 0 Å². The normalized spacial score (nSPS) is 18.1. The highest BCUT2D eigenvalue weighted by Gasteiger charge is 2.26. The number of ether oxygens (including phenoxy) is 1. The van der Waals surface area contributed by atoms with Gasteiger partial charge in [-0.3, -0.25) is 14.5 Å².